The van der Waals surface area contributed by atoms with Crippen molar-refractivity contribution in [3.8, 4) is 0 Å². The van der Waals surface area contributed by atoms with Crippen molar-refractivity contribution in [2.24, 2.45) is 0 Å². The zero-order valence-corrected chi connectivity index (χ0v) is 13.7. The molecule has 25 heavy (non-hydrogen) atoms. The lowest BCUT2D eigenvalue weighted by Gasteiger charge is -2.23. The maximum atomic E-state index is 12.7. The second kappa shape index (κ2) is 6.23. The number of carbonyl (C=O) groups is 3. The molecule has 2 heterocycles. The van der Waals surface area contributed by atoms with Crippen LogP contribution < -0.4 is 10.6 Å². The van der Waals surface area contributed by atoms with Crippen molar-refractivity contribution >= 4 is 28.7 Å². The smallest absolute Gasteiger partial charge is 0.322 e. The van der Waals surface area contributed by atoms with E-state index < -0.39 is 12.1 Å². The molecule has 0 unspecified atom stereocenters. The molecule has 7 heteroatoms. The summed E-state index contributed by atoms with van der Waals surface area (Å²) in [5, 5.41) is 5.86. The Morgan fingerprint density at radius 2 is 2.04 bits per heavy atom. The summed E-state index contributed by atoms with van der Waals surface area (Å²) in [7, 11) is 0. The van der Waals surface area contributed by atoms with Gasteiger partial charge in [0, 0.05) is 30.7 Å². The topological polar surface area (TPSA) is 94.3 Å². The molecule has 1 aromatic heterocycles. The van der Waals surface area contributed by atoms with Crippen LogP contribution in [0.5, 0.6) is 0 Å². The number of amides is 4. The highest BCUT2D eigenvalue weighted by Gasteiger charge is 2.34. The van der Waals surface area contributed by atoms with E-state index in [4.69, 9.17) is 0 Å². The van der Waals surface area contributed by atoms with Crippen LogP contribution in [0.3, 0.4) is 0 Å². The van der Waals surface area contributed by atoms with Crippen LogP contribution in [0.1, 0.15) is 31.2 Å². The zero-order chi connectivity index (χ0) is 17.4. The van der Waals surface area contributed by atoms with E-state index in [2.05, 4.69) is 21.7 Å². The van der Waals surface area contributed by atoms with E-state index in [9.17, 15) is 14.4 Å². The molecule has 3 N–H and O–H groups in total. The summed E-state index contributed by atoms with van der Waals surface area (Å²) in [6, 6.07) is 7.38. The molecule has 1 aliphatic carbocycles. The van der Waals surface area contributed by atoms with E-state index in [0.717, 1.165) is 29.3 Å². The van der Waals surface area contributed by atoms with Gasteiger partial charge in [0.2, 0.25) is 5.91 Å². The number of carbonyl (C=O) groups excluding carboxylic acids is 3. The summed E-state index contributed by atoms with van der Waals surface area (Å²) in [5.41, 5.74) is 2.18. The molecule has 1 saturated heterocycles. The van der Waals surface area contributed by atoms with Crippen molar-refractivity contribution in [3.05, 3.63) is 36.0 Å². The van der Waals surface area contributed by atoms with Crippen LogP contribution in [-0.4, -0.2) is 39.8 Å². The van der Waals surface area contributed by atoms with Gasteiger partial charge >= 0.3 is 6.03 Å². The van der Waals surface area contributed by atoms with Gasteiger partial charge in [-0.1, -0.05) is 6.07 Å². The Morgan fingerprint density at radius 1 is 1.20 bits per heavy atom. The molecule has 7 nitrogen and oxygen atoms in total. The van der Waals surface area contributed by atoms with Gasteiger partial charge < -0.3 is 15.2 Å². The molecule has 0 bridgehead atoms. The van der Waals surface area contributed by atoms with Crippen LogP contribution >= 0.6 is 0 Å². The monoisotopic (exact) mass is 340 g/mol. The number of imide groups is 1. The number of nitrogens with one attached hydrogen (secondary N) is 3. The van der Waals surface area contributed by atoms with Crippen molar-refractivity contribution in [3.63, 3.8) is 0 Å². The minimum absolute atomic E-state index is 0.0330. The van der Waals surface area contributed by atoms with Crippen molar-refractivity contribution in [2.75, 3.05) is 0 Å². The molecule has 0 radical (unpaired) electrons. The van der Waals surface area contributed by atoms with E-state index >= 15 is 0 Å². The van der Waals surface area contributed by atoms with Gasteiger partial charge in [-0.15, -0.1) is 0 Å². The highest BCUT2D eigenvalue weighted by molar-refractivity contribution is 6.04. The second-order valence-electron chi connectivity index (χ2n) is 6.71. The first-order valence-electron chi connectivity index (χ1n) is 8.57. The van der Waals surface area contributed by atoms with Crippen molar-refractivity contribution in [1.82, 2.24) is 20.5 Å². The fraction of sp³-hybridized carbons (Fsp3) is 0.389. The summed E-state index contributed by atoms with van der Waals surface area (Å²) in [6.07, 6.45) is 4.54. The lowest BCUT2D eigenvalue weighted by molar-refractivity contribution is -0.132. The Kier molecular flexibility index (Phi) is 3.91. The van der Waals surface area contributed by atoms with Crippen LogP contribution in [0.25, 0.3) is 10.9 Å². The van der Waals surface area contributed by atoms with Gasteiger partial charge in [-0.2, -0.15) is 0 Å². The minimum atomic E-state index is -0.603. The number of hydrogen-bond acceptors (Lipinski definition) is 3. The molecule has 1 aliphatic heterocycles. The number of rotatable bonds is 6. The Balaban J connectivity index is 1.41. The fourth-order valence-corrected chi connectivity index (χ4v) is 3.28. The maximum Gasteiger partial charge on any atom is 0.322 e. The molecule has 0 spiro atoms. The Morgan fingerprint density at radius 3 is 2.76 bits per heavy atom. The lowest BCUT2D eigenvalue weighted by Crippen LogP contribution is -2.35. The number of benzene rings is 1. The van der Waals surface area contributed by atoms with Gasteiger partial charge in [-0.3, -0.25) is 14.9 Å². The SMILES string of the molecule is O=C1NC(=O)[C@H](CCC(=O)N(Cc2ccc3[nH]ccc3c2)C2CC2)N1. The predicted molar refractivity (Wildman–Crippen MR) is 91.6 cm³/mol. The number of nitrogens with zero attached hydrogens (tertiary/aromatic N) is 1. The quantitative estimate of drug-likeness (QED) is 0.698. The van der Waals surface area contributed by atoms with Crippen LogP contribution in [0, 0.1) is 0 Å². The van der Waals surface area contributed by atoms with E-state index in [0.29, 0.717) is 19.0 Å². The summed E-state index contributed by atoms with van der Waals surface area (Å²) >= 11 is 0. The fourth-order valence-electron chi connectivity index (χ4n) is 3.28. The van der Waals surface area contributed by atoms with Gasteiger partial charge in [-0.05, 0) is 48.4 Å². The average molecular weight is 340 g/mol. The molecule has 1 aromatic carbocycles. The van der Waals surface area contributed by atoms with E-state index in [1.165, 1.54) is 0 Å². The molecule has 2 aromatic rings. The van der Waals surface area contributed by atoms with Gasteiger partial charge in [0.05, 0.1) is 0 Å². The summed E-state index contributed by atoms with van der Waals surface area (Å²) in [4.78, 5) is 40.5. The van der Waals surface area contributed by atoms with Crippen LogP contribution in [0.2, 0.25) is 0 Å². The maximum absolute atomic E-state index is 12.7. The summed E-state index contributed by atoms with van der Waals surface area (Å²) in [5.74, 6) is -0.320. The molecule has 130 valence electrons. The molecule has 1 saturated carbocycles. The van der Waals surface area contributed by atoms with Gasteiger partial charge in [0.15, 0.2) is 0 Å². The molecular weight excluding hydrogens is 320 g/mol. The Labute approximate surface area is 144 Å². The van der Waals surface area contributed by atoms with Crippen LogP contribution in [0.15, 0.2) is 30.5 Å². The first-order valence-corrected chi connectivity index (χ1v) is 8.57. The predicted octanol–water partition coefficient (Wildman–Crippen LogP) is 1.65. The Hall–Kier alpha value is -2.83. The molecule has 2 aliphatic rings. The first-order chi connectivity index (χ1) is 12.1. The standard InChI is InChI=1S/C18H20N4O3/c23-16(6-5-15-17(24)21-18(25)20-15)22(13-2-3-13)10-11-1-4-14-12(9-11)7-8-19-14/h1,4,7-9,13,15,19H,2-3,5-6,10H2,(H2,20,21,24,25)/t15-/m0/s1. The van der Waals surface area contributed by atoms with Gasteiger partial charge in [0.25, 0.3) is 5.91 Å². The molecular formula is C18H20N4O3. The minimum Gasteiger partial charge on any atom is -0.361 e. The molecule has 1 atom stereocenters. The molecule has 4 amide bonds. The van der Waals surface area contributed by atoms with Crippen molar-refractivity contribution in [1.29, 1.82) is 0 Å². The summed E-state index contributed by atoms with van der Waals surface area (Å²) < 4.78 is 0. The van der Waals surface area contributed by atoms with E-state index in [-0.39, 0.29) is 18.2 Å². The first kappa shape index (κ1) is 15.7. The molecule has 2 fully saturated rings. The van der Waals surface area contributed by atoms with Crippen LogP contribution in [-0.2, 0) is 16.1 Å². The third-order valence-electron chi connectivity index (χ3n) is 4.78. The van der Waals surface area contributed by atoms with Crippen molar-refractivity contribution in [2.45, 2.75) is 44.3 Å². The summed E-state index contributed by atoms with van der Waals surface area (Å²) in [6.45, 7) is 0.577. The Bertz CT molecular complexity index is 840. The van der Waals surface area contributed by atoms with Gasteiger partial charge in [0.1, 0.15) is 6.04 Å². The molecule has 4 rings (SSSR count). The largest absolute Gasteiger partial charge is 0.361 e. The van der Waals surface area contributed by atoms with Crippen LogP contribution in [0.4, 0.5) is 4.79 Å². The number of aromatic amines is 1. The van der Waals surface area contributed by atoms with E-state index in [1.54, 1.807) is 0 Å². The average Bonchev–Trinajstić information content (AvgIpc) is 3.23. The normalized spacial score (nSPS) is 19.8. The lowest BCUT2D eigenvalue weighted by atomic mass is 10.1. The van der Waals surface area contributed by atoms with E-state index in [1.807, 2.05) is 29.3 Å². The number of urea groups is 1. The number of fused-ring (bicyclic) bond motifs is 1. The highest BCUT2D eigenvalue weighted by Crippen LogP contribution is 2.30. The van der Waals surface area contributed by atoms with Crippen molar-refractivity contribution < 1.29 is 14.4 Å². The number of H-pyrrole nitrogens is 1. The second-order valence-corrected chi connectivity index (χ2v) is 6.71. The third kappa shape index (κ3) is 3.35. The van der Waals surface area contributed by atoms with Gasteiger partial charge in [-0.25, -0.2) is 4.79 Å². The third-order valence-corrected chi connectivity index (χ3v) is 4.78. The zero-order valence-electron chi connectivity index (χ0n) is 13.7. The number of hydrogen-bond donors (Lipinski definition) is 3. The number of aromatic nitrogens is 1. The highest BCUT2D eigenvalue weighted by atomic mass is 16.2.